The van der Waals surface area contributed by atoms with Crippen LogP contribution in [-0.2, 0) is 12.6 Å². The van der Waals surface area contributed by atoms with Gasteiger partial charge in [0.2, 0.25) is 0 Å². The van der Waals surface area contributed by atoms with Crippen molar-refractivity contribution in [2.45, 2.75) is 12.6 Å². The van der Waals surface area contributed by atoms with Crippen molar-refractivity contribution in [3.8, 4) is 11.4 Å². The number of alkyl halides is 3. The molecule has 0 spiro atoms. The molecule has 1 aliphatic rings. The molecular weight excluding hydrogens is 314 g/mol. The highest BCUT2D eigenvalue weighted by atomic mass is 19.4. The Balaban J connectivity index is 2.03. The van der Waals surface area contributed by atoms with Gasteiger partial charge in [0.05, 0.1) is 17.5 Å². The molecule has 1 aliphatic heterocycles. The second kappa shape index (κ2) is 4.64. The molecule has 0 atom stereocenters. The van der Waals surface area contributed by atoms with Crippen LogP contribution in [0.25, 0.3) is 17.0 Å². The zero-order valence-electron chi connectivity index (χ0n) is 11.5. The monoisotopic (exact) mass is 323 g/mol. The van der Waals surface area contributed by atoms with Gasteiger partial charge in [-0.1, -0.05) is 0 Å². The molecule has 0 bridgehead atoms. The fourth-order valence-corrected chi connectivity index (χ4v) is 2.75. The molecule has 118 valence electrons. The third kappa shape index (κ3) is 2.11. The van der Waals surface area contributed by atoms with Gasteiger partial charge in [0, 0.05) is 18.5 Å². The Morgan fingerprint density at radius 2 is 2.00 bits per heavy atom. The van der Waals surface area contributed by atoms with Crippen molar-refractivity contribution in [3.05, 3.63) is 41.5 Å². The zero-order valence-corrected chi connectivity index (χ0v) is 11.5. The number of benzene rings is 1. The number of halogens is 4. The smallest absolute Gasteiger partial charge is 0.368 e. The van der Waals surface area contributed by atoms with Crippen LogP contribution in [0.4, 0.5) is 23.4 Å². The summed E-state index contributed by atoms with van der Waals surface area (Å²) in [6.07, 6.45) is -2.67. The number of anilines is 1. The molecule has 0 amide bonds. The quantitative estimate of drug-likeness (QED) is 0.700. The molecule has 3 heterocycles. The lowest BCUT2D eigenvalue weighted by Gasteiger charge is -2.12. The lowest BCUT2D eigenvalue weighted by Crippen LogP contribution is -2.09. The average molecular weight is 323 g/mol. The Bertz CT molecular complexity index is 915. The van der Waals surface area contributed by atoms with E-state index in [4.69, 9.17) is 0 Å². The molecule has 0 saturated carbocycles. The summed E-state index contributed by atoms with van der Waals surface area (Å²) < 4.78 is 54.6. The van der Waals surface area contributed by atoms with Gasteiger partial charge in [-0.15, -0.1) is 10.2 Å². The predicted octanol–water partition coefficient (Wildman–Crippen LogP) is 2.92. The number of nitrogens with zero attached hydrogens (tertiary/aromatic N) is 4. The molecule has 4 rings (SSSR count). The van der Waals surface area contributed by atoms with Gasteiger partial charge in [-0.2, -0.15) is 13.2 Å². The van der Waals surface area contributed by atoms with Crippen molar-refractivity contribution in [1.29, 1.82) is 0 Å². The molecule has 0 radical (unpaired) electrons. The van der Waals surface area contributed by atoms with Gasteiger partial charge in [0.15, 0.2) is 11.5 Å². The van der Waals surface area contributed by atoms with E-state index in [0.717, 1.165) is 12.1 Å². The van der Waals surface area contributed by atoms with E-state index in [1.165, 1.54) is 10.6 Å². The van der Waals surface area contributed by atoms with E-state index in [2.05, 4.69) is 20.5 Å². The third-order valence-electron chi connectivity index (χ3n) is 3.72. The Labute approximate surface area is 127 Å². The summed E-state index contributed by atoms with van der Waals surface area (Å²) in [6, 6.07) is 2.52. The molecule has 0 saturated heterocycles. The van der Waals surface area contributed by atoms with E-state index < -0.39 is 17.6 Å². The number of fused-ring (bicyclic) bond motifs is 3. The van der Waals surface area contributed by atoms with Gasteiger partial charge >= 0.3 is 6.18 Å². The molecule has 0 aliphatic carbocycles. The van der Waals surface area contributed by atoms with Crippen LogP contribution in [0.1, 0.15) is 11.3 Å². The van der Waals surface area contributed by atoms with E-state index in [9.17, 15) is 17.6 Å². The summed E-state index contributed by atoms with van der Waals surface area (Å²) in [7, 11) is 0. The van der Waals surface area contributed by atoms with E-state index in [1.807, 2.05) is 0 Å². The third-order valence-corrected chi connectivity index (χ3v) is 3.72. The number of hydrogen-bond acceptors (Lipinski definition) is 4. The average Bonchev–Trinajstić information content (AvgIpc) is 3.11. The summed E-state index contributed by atoms with van der Waals surface area (Å²) >= 11 is 0. The van der Waals surface area contributed by atoms with Gasteiger partial charge in [0.1, 0.15) is 11.6 Å². The largest absolute Gasteiger partial charge is 0.417 e. The van der Waals surface area contributed by atoms with Crippen LogP contribution in [0.3, 0.4) is 0 Å². The van der Waals surface area contributed by atoms with E-state index >= 15 is 0 Å². The van der Waals surface area contributed by atoms with E-state index in [-0.39, 0.29) is 11.4 Å². The van der Waals surface area contributed by atoms with Gasteiger partial charge in [-0.25, -0.2) is 9.37 Å². The molecule has 9 heteroatoms. The molecule has 3 aromatic rings. The molecule has 0 fully saturated rings. The molecule has 1 aromatic carbocycles. The Morgan fingerprint density at radius 1 is 1.17 bits per heavy atom. The minimum absolute atomic E-state index is 0.0228. The highest BCUT2D eigenvalue weighted by molar-refractivity contribution is 5.66. The number of aromatic nitrogens is 4. The first-order valence-electron chi connectivity index (χ1n) is 6.79. The van der Waals surface area contributed by atoms with Crippen molar-refractivity contribution in [2.24, 2.45) is 0 Å². The molecule has 2 aromatic heterocycles. The van der Waals surface area contributed by atoms with Crippen molar-refractivity contribution >= 4 is 11.5 Å². The summed E-state index contributed by atoms with van der Waals surface area (Å²) in [6.45, 7) is 0.634. The van der Waals surface area contributed by atoms with Crippen LogP contribution < -0.4 is 5.32 Å². The Morgan fingerprint density at radius 3 is 2.78 bits per heavy atom. The van der Waals surface area contributed by atoms with Gasteiger partial charge in [-0.3, -0.25) is 4.40 Å². The second-order valence-electron chi connectivity index (χ2n) is 5.14. The Kier molecular flexibility index (Phi) is 2.81. The maximum absolute atomic E-state index is 13.3. The topological polar surface area (TPSA) is 55.1 Å². The standard InChI is InChI=1S/C14H9F4N5/c15-7-1-2-8(9(5-7)14(16,17)18)13-22-21-11-6-20-12-10(23(11)13)3-4-19-12/h1-2,5-6,19H,3-4H2. The van der Waals surface area contributed by atoms with Crippen LogP contribution in [0.5, 0.6) is 0 Å². The fraction of sp³-hybridized carbons (Fsp3) is 0.214. The van der Waals surface area contributed by atoms with Crippen LogP contribution in [0.2, 0.25) is 0 Å². The molecular formula is C14H9F4N5. The summed E-state index contributed by atoms with van der Waals surface area (Å²) in [4.78, 5) is 4.16. The lowest BCUT2D eigenvalue weighted by atomic mass is 10.1. The SMILES string of the molecule is Fc1ccc(-c2nnc3cnc4c(n23)CCN4)c(C(F)(F)F)c1. The number of hydrogen-bond donors (Lipinski definition) is 1. The van der Waals surface area contributed by atoms with E-state index in [1.54, 1.807) is 0 Å². The first kappa shape index (κ1) is 13.9. The summed E-state index contributed by atoms with van der Waals surface area (Å²) in [5, 5.41) is 10.8. The fourth-order valence-electron chi connectivity index (χ4n) is 2.75. The molecule has 1 N–H and O–H groups in total. The van der Waals surface area contributed by atoms with Crippen LogP contribution in [0, 0.1) is 5.82 Å². The van der Waals surface area contributed by atoms with Gasteiger partial charge < -0.3 is 5.32 Å². The molecule has 23 heavy (non-hydrogen) atoms. The van der Waals surface area contributed by atoms with Crippen molar-refractivity contribution in [2.75, 3.05) is 11.9 Å². The normalized spacial score (nSPS) is 14.1. The predicted molar refractivity (Wildman–Crippen MR) is 73.4 cm³/mol. The number of rotatable bonds is 1. The van der Waals surface area contributed by atoms with Crippen molar-refractivity contribution in [3.63, 3.8) is 0 Å². The van der Waals surface area contributed by atoms with Crippen LogP contribution >= 0.6 is 0 Å². The zero-order chi connectivity index (χ0) is 16.2. The molecule has 0 unspecified atom stereocenters. The van der Waals surface area contributed by atoms with Crippen LogP contribution in [0.15, 0.2) is 24.4 Å². The van der Waals surface area contributed by atoms with Crippen molar-refractivity contribution in [1.82, 2.24) is 19.6 Å². The summed E-state index contributed by atoms with van der Waals surface area (Å²) in [5.41, 5.74) is -0.241. The van der Waals surface area contributed by atoms with E-state index in [0.29, 0.717) is 36.2 Å². The van der Waals surface area contributed by atoms with Crippen LogP contribution in [-0.4, -0.2) is 26.1 Å². The van der Waals surface area contributed by atoms with Gasteiger partial charge in [-0.05, 0) is 18.2 Å². The molecule has 5 nitrogen and oxygen atoms in total. The number of nitrogens with one attached hydrogen (secondary N) is 1. The first-order valence-corrected chi connectivity index (χ1v) is 6.79. The Hall–Kier alpha value is -2.71. The highest BCUT2D eigenvalue weighted by Crippen LogP contribution is 2.37. The summed E-state index contributed by atoms with van der Waals surface area (Å²) in [5.74, 6) is -0.340. The second-order valence-corrected chi connectivity index (χ2v) is 5.14. The van der Waals surface area contributed by atoms with Gasteiger partial charge in [0.25, 0.3) is 0 Å². The first-order chi connectivity index (χ1) is 10.9. The maximum Gasteiger partial charge on any atom is 0.417 e. The maximum atomic E-state index is 13.3. The highest BCUT2D eigenvalue weighted by Gasteiger charge is 2.35. The lowest BCUT2D eigenvalue weighted by molar-refractivity contribution is -0.137. The minimum Gasteiger partial charge on any atom is -0.368 e. The van der Waals surface area contributed by atoms with Crippen molar-refractivity contribution < 1.29 is 17.6 Å². The minimum atomic E-state index is -4.70.